The highest BCUT2D eigenvalue weighted by Gasteiger charge is 2.22. The van der Waals surface area contributed by atoms with Crippen molar-refractivity contribution in [2.75, 3.05) is 6.61 Å². The highest BCUT2D eigenvalue weighted by molar-refractivity contribution is 5.76. The largest absolute Gasteiger partial charge is 0.493 e. The Kier molecular flexibility index (Phi) is 3.98. The molecule has 1 aliphatic rings. The van der Waals surface area contributed by atoms with Gasteiger partial charge in [0, 0.05) is 12.6 Å². The summed E-state index contributed by atoms with van der Waals surface area (Å²) in [6.45, 7) is 0.949. The highest BCUT2D eigenvalue weighted by Crippen LogP contribution is 2.18. The highest BCUT2D eigenvalue weighted by atomic mass is 16.5. The third kappa shape index (κ3) is 4.07. The molecule has 17 heavy (non-hydrogen) atoms. The second-order valence-corrected chi connectivity index (χ2v) is 4.29. The normalized spacial score (nSPS) is 14.4. The van der Waals surface area contributed by atoms with Gasteiger partial charge in [-0.25, -0.2) is 0 Å². The number of amides is 1. The number of ether oxygens (including phenoxy) is 1. The summed E-state index contributed by atoms with van der Waals surface area (Å²) in [6.07, 6.45) is 2.65. The Hall–Kier alpha value is -1.55. The quantitative estimate of drug-likeness (QED) is 0.777. The first-order chi connectivity index (χ1) is 8.28. The van der Waals surface area contributed by atoms with Gasteiger partial charge in [-0.1, -0.05) is 12.1 Å². The van der Waals surface area contributed by atoms with Gasteiger partial charge in [0.25, 0.3) is 0 Å². The number of nitrogens with one attached hydrogen (secondary N) is 1. The van der Waals surface area contributed by atoms with E-state index in [4.69, 9.17) is 10.5 Å². The van der Waals surface area contributed by atoms with Gasteiger partial charge in [0.1, 0.15) is 5.75 Å². The zero-order valence-electron chi connectivity index (χ0n) is 9.82. The summed E-state index contributed by atoms with van der Waals surface area (Å²) in [5.74, 6) is 0.854. The van der Waals surface area contributed by atoms with Crippen LogP contribution in [0, 0.1) is 0 Å². The molecule has 4 heteroatoms. The molecule has 1 aromatic rings. The predicted octanol–water partition coefficient (Wildman–Crippen LogP) is 1.19. The summed E-state index contributed by atoms with van der Waals surface area (Å²) < 4.78 is 5.48. The second-order valence-electron chi connectivity index (χ2n) is 4.29. The van der Waals surface area contributed by atoms with E-state index in [1.54, 1.807) is 0 Å². The predicted molar refractivity (Wildman–Crippen MR) is 65.6 cm³/mol. The summed E-state index contributed by atoms with van der Waals surface area (Å²) in [5.41, 5.74) is 6.57. The van der Waals surface area contributed by atoms with Crippen LogP contribution in [0.3, 0.4) is 0 Å². The van der Waals surface area contributed by atoms with E-state index >= 15 is 0 Å². The van der Waals surface area contributed by atoms with Crippen LogP contribution in [0.1, 0.15) is 24.8 Å². The third-order valence-corrected chi connectivity index (χ3v) is 2.70. The van der Waals surface area contributed by atoms with Gasteiger partial charge in [0.2, 0.25) is 5.91 Å². The van der Waals surface area contributed by atoms with E-state index in [9.17, 15) is 4.79 Å². The zero-order valence-corrected chi connectivity index (χ0v) is 9.82. The fourth-order valence-corrected chi connectivity index (χ4v) is 1.51. The first kappa shape index (κ1) is 11.9. The van der Waals surface area contributed by atoms with Crippen LogP contribution < -0.4 is 15.8 Å². The average molecular weight is 234 g/mol. The summed E-state index contributed by atoms with van der Waals surface area (Å²) in [7, 11) is 0. The van der Waals surface area contributed by atoms with Crippen molar-refractivity contribution in [3.8, 4) is 5.75 Å². The molecule has 3 N–H and O–H groups in total. The number of nitrogens with two attached hydrogens (primary N) is 1. The van der Waals surface area contributed by atoms with Crippen LogP contribution in [-0.4, -0.2) is 18.6 Å². The molecule has 1 fully saturated rings. The van der Waals surface area contributed by atoms with Crippen LogP contribution in [0.4, 0.5) is 0 Å². The van der Waals surface area contributed by atoms with Gasteiger partial charge < -0.3 is 15.8 Å². The number of carbonyl (C=O) groups is 1. The van der Waals surface area contributed by atoms with Gasteiger partial charge in [-0.05, 0) is 30.5 Å². The van der Waals surface area contributed by atoms with E-state index in [0.717, 1.165) is 24.2 Å². The van der Waals surface area contributed by atoms with E-state index < -0.39 is 0 Å². The molecule has 1 amide bonds. The van der Waals surface area contributed by atoms with E-state index in [-0.39, 0.29) is 5.91 Å². The lowest BCUT2D eigenvalue weighted by molar-refractivity contribution is -0.121. The molecule has 4 nitrogen and oxygen atoms in total. The Bertz CT molecular complexity index is 372. The van der Waals surface area contributed by atoms with Crippen LogP contribution in [0.25, 0.3) is 0 Å². The Balaban J connectivity index is 1.67. The SMILES string of the molecule is NCc1ccc(OCCC(=O)NC2CC2)cc1. The van der Waals surface area contributed by atoms with Crippen molar-refractivity contribution >= 4 is 5.91 Å². The van der Waals surface area contributed by atoms with Gasteiger partial charge in [-0.3, -0.25) is 4.79 Å². The molecular formula is C13H18N2O2. The van der Waals surface area contributed by atoms with Crippen molar-refractivity contribution in [1.29, 1.82) is 0 Å². The Morgan fingerprint density at radius 3 is 2.65 bits per heavy atom. The van der Waals surface area contributed by atoms with Gasteiger partial charge in [-0.2, -0.15) is 0 Å². The number of carbonyl (C=O) groups excluding carboxylic acids is 1. The topological polar surface area (TPSA) is 64.3 Å². The summed E-state index contributed by atoms with van der Waals surface area (Å²) >= 11 is 0. The monoisotopic (exact) mass is 234 g/mol. The molecule has 0 radical (unpaired) electrons. The number of benzene rings is 1. The molecule has 0 spiro atoms. The molecular weight excluding hydrogens is 216 g/mol. The third-order valence-electron chi connectivity index (χ3n) is 2.70. The van der Waals surface area contributed by atoms with Crippen LogP contribution in [-0.2, 0) is 11.3 Å². The first-order valence-electron chi connectivity index (χ1n) is 5.99. The van der Waals surface area contributed by atoms with Crippen molar-refractivity contribution in [3.63, 3.8) is 0 Å². The van der Waals surface area contributed by atoms with Crippen molar-refractivity contribution in [3.05, 3.63) is 29.8 Å². The van der Waals surface area contributed by atoms with Crippen LogP contribution >= 0.6 is 0 Å². The average Bonchev–Trinajstić information content (AvgIpc) is 3.14. The molecule has 1 aliphatic carbocycles. The van der Waals surface area contributed by atoms with Gasteiger partial charge in [-0.15, -0.1) is 0 Å². The van der Waals surface area contributed by atoms with Crippen LogP contribution in [0.15, 0.2) is 24.3 Å². The number of hydrogen-bond donors (Lipinski definition) is 2. The molecule has 0 aromatic heterocycles. The molecule has 0 saturated heterocycles. The maximum atomic E-state index is 11.4. The van der Waals surface area contributed by atoms with Crippen molar-refractivity contribution in [2.45, 2.75) is 31.8 Å². The standard InChI is InChI=1S/C13H18N2O2/c14-9-10-1-5-12(6-2-10)17-8-7-13(16)15-11-3-4-11/h1-2,5-6,11H,3-4,7-9,14H2,(H,15,16). The summed E-state index contributed by atoms with van der Waals surface area (Å²) in [4.78, 5) is 11.4. The summed E-state index contributed by atoms with van der Waals surface area (Å²) in [6, 6.07) is 8.03. The lowest BCUT2D eigenvalue weighted by atomic mass is 10.2. The molecule has 0 heterocycles. The van der Waals surface area contributed by atoms with Gasteiger partial charge >= 0.3 is 0 Å². The van der Waals surface area contributed by atoms with Crippen LogP contribution in [0.5, 0.6) is 5.75 Å². The van der Waals surface area contributed by atoms with Crippen molar-refractivity contribution in [2.24, 2.45) is 5.73 Å². The second kappa shape index (κ2) is 5.68. The Morgan fingerprint density at radius 1 is 1.35 bits per heavy atom. The van der Waals surface area contributed by atoms with Gasteiger partial charge in [0.05, 0.1) is 13.0 Å². The Morgan fingerprint density at radius 2 is 2.06 bits per heavy atom. The lowest BCUT2D eigenvalue weighted by Gasteiger charge is -2.07. The van der Waals surface area contributed by atoms with Crippen molar-refractivity contribution in [1.82, 2.24) is 5.32 Å². The van der Waals surface area contributed by atoms with E-state index in [0.29, 0.717) is 25.6 Å². The van der Waals surface area contributed by atoms with E-state index in [1.807, 2.05) is 24.3 Å². The minimum atomic E-state index is 0.0751. The lowest BCUT2D eigenvalue weighted by Crippen LogP contribution is -2.26. The Labute approximate surface area is 101 Å². The molecule has 92 valence electrons. The van der Waals surface area contributed by atoms with Gasteiger partial charge in [0.15, 0.2) is 0 Å². The van der Waals surface area contributed by atoms with E-state index in [1.165, 1.54) is 0 Å². The molecule has 1 saturated carbocycles. The maximum Gasteiger partial charge on any atom is 0.223 e. The minimum absolute atomic E-state index is 0.0751. The molecule has 2 rings (SSSR count). The summed E-state index contributed by atoms with van der Waals surface area (Å²) in [5, 5.41) is 2.92. The van der Waals surface area contributed by atoms with Crippen molar-refractivity contribution < 1.29 is 9.53 Å². The molecule has 0 bridgehead atoms. The molecule has 0 aliphatic heterocycles. The maximum absolute atomic E-state index is 11.4. The van der Waals surface area contributed by atoms with E-state index in [2.05, 4.69) is 5.32 Å². The van der Waals surface area contributed by atoms with Crippen LogP contribution in [0.2, 0.25) is 0 Å². The number of rotatable bonds is 6. The minimum Gasteiger partial charge on any atom is -0.493 e. The fourth-order valence-electron chi connectivity index (χ4n) is 1.51. The fraction of sp³-hybridized carbons (Fsp3) is 0.462. The number of hydrogen-bond acceptors (Lipinski definition) is 3. The molecule has 0 atom stereocenters. The smallest absolute Gasteiger partial charge is 0.223 e. The first-order valence-corrected chi connectivity index (χ1v) is 5.99. The molecule has 1 aromatic carbocycles. The molecule has 0 unspecified atom stereocenters. The zero-order chi connectivity index (χ0) is 12.1.